The average Bonchev–Trinajstić information content (AvgIpc) is 2.31. The van der Waals surface area contributed by atoms with Crippen molar-refractivity contribution in [3.05, 3.63) is 29.8 Å². The number of Topliss-reactive ketones (excluding diaryl/α,β-unsaturated/α-hetero) is 1. The van der Waals surface area contributed by atoms with Crippen molar-refractivity contribution in [2.75, 3.05) is 5.32 Å². The van der Waals surface area contributed by atoms with Crippen molar-refractivity contribution >= 4 is 17.4 Å². The SMILES string of the molecule is CCCCCC(=O)Nc1ccccc1CC(C)=O. The molecule has 0 saturated heterocycles. The Balaban J connectivity index is 2.60. The third kappa shape index (κ3) is 5.13. The smallest absolute Gasteiger partial charge is 0.224 e. The standard InChI is InChI=1S/C15H21NO2/c1-3-4-5-10-15(18)16-14-9-7-6-8-13(14)11-12(2)17/h6-9H,3-5,10-11H2,1-2H3,(H,16,18). The van der Waals surface area contributed by atoms with E-state index in [9.17, 15) is 9.59 Å². The molecule has 1 N–H and O–H groups in total. The lowest BCUT2D eigenvalue weighted by Crippen LogP contribution is -2.13. The van der Waals surface area contributed by atoms with E-state index < -0.39 is 0 Å². The molecule has 0 aliphatic heterocycles. The molecule has 0 heterocycles. The predicted molar refractivity (Wildman–Crippen MR) is 73.6 cm³/mol. The lowest BCUT2D eigenvalue weighted by atomic mass is 10.1. The van der Waals surface area contributed by atoms with Crippen molar-refractivity contribution in [3.63, 3.8) is 0 Å². The van der Waals surface area contributed by atoms with Crippen LogP contribution >= 0.6 is 0 Å². The Morgan fingerprint density at radius 2 is 1.89 bits per heavy atom. The molecule has 0 saturated carbocycles. The van der Waals surface area contributed by atoms with E-state index in [1.807, 2.05) is 24.3 Å². The molecule has 1 rings (SSSR count). The first-order chi connectivity index (χ1) is 8.63. The second-order valence-corrected chi connectivity index (χ2v) is 4.54. The van der Waals surface area contributed by atoms with Crippen molar-refractivity contribution in [3.8, 4) is 0 Å². The van der Waals surface area contributed by atoms with Crippen molar-refractivity contribution in [2.24, 2.45) is 0 Å². The minimum Gasteiger partial charge on any atom is -0.326 e. The van der Waals surface area contributed by atoms with E-state index in [2.05, 4.69) is 12.2 Å². The Morgan fingerprint density at radius 1 is 1.17 bits per heavy atom. The molecule has 3 nitrogen and oxygen atoms in total. The highest BCUT2D eigenvalue weighted by molar-refractivity contribution is 5.92. The average molecular weight is 247 g/mol. The summed E-state index contributed by atoms with van der Waals surface area (Å²) in [6.07, 6.45) is 4.00. The number of para-hydroxylation sites is 1. The summed E-state index contributed by atoms with van der Waals surface area (Å²) in [6.45, 7) is 3.67. The van der Waals surface area contributed by atoms with Gasteiger partial charge in [0.1, 0.15) is 5.78 Å². The molecule has 3 heteroatoms. The number of ketones is 1. The number of hydrogen-bond acceptors (Lipinski definition) is 2. The van der Waals surface area contributed by atoms with Gasteiger partial charge in [-0.3, -0.25) is 9.59 Å². The van der Waals surface area contributed by atoms with Crippen LogP contribution in [0, 0.1) is 0 Å². The summed E-state index contributed by atoms with van der Waals surface area (Å²) in [6, 6.07) is 7.47. The molecule has 0 atom stereocenters. The van der Waals surface area contributed by atoms with Gasteiger partial charge < -0.3 is 5.32 Å². The van der Waals surface area contributed by atoms with Crippen molar-refractivity contribution in [1.82, 2.24) is 0 Å². The first kappa shape index (κ1) is 14.4. The number of benzene rings is 1. The zero-order valence-corrected chi connectivity index (χ0v) is 11.2. The number of unbranched alkanes of at least 4 members (excludes halogenated alkanes) is 2. The highest BCUT2D eigenvalue weighted by atomic mass is 16.1. The van der Waals surface area contributed by atoms with E-state index in [1.165, 1.54) is 0 Å². The summed E-state index contributed by atoms with van der Waals surface area (Å²) < 4.78 is 0. The third-order valence-electron chi connectivity index (χ3n) is 2.74. The van der Waals surface area contributed by atoms with Crippen molar-refractivity contribution < 1.29 is 9.59 Å². The fourth-order valence-electron chi connectivity index (χ4n) is 1.81. The Morgan fingerprint density at radius 3 is 2.56 bits per heavy atom. The van der Waals surface area contributed by atoms with Crippen LogP contribution in [0.4, 0.5) is 5.69 Å². The molecule has 0 radical (unpaired) electrons. The minimum absolute atomic E-state index is 0.0273. The molecule has 0 spiro atoms. The third-order valence-corrected chi connectivity index (χ3v) is 2.74. The van der Waals surface area contributed by atoms with Crippen LogP contribution in [0.15, 0.2) is 24.3 Å². The highest BCUT2D eigenvalue weighted by Gasteiger charge is 2.07. The molecule has 0 bridgehead atoms. The molecular weight excluding hydrogens is 226 g/mol. The van der Waals surface area contributed by atoms with Crippen LogP contribution < -0.4 is 5.32 Å². The van der Waals surface area contributed by atoms with Crippen molar-refractivity contribution in [2.45, 2.75) is 46.0 Å². The van der Waals surface area contributed by atoms with Gasteiger partial charge in [-0.25, -0.2) is 0 Å². The first-order valence-corrected chi connectivity index (χ1v) is 6.50. The fourth-order valence-corrected chi connectivity index (χ4v) is 1.81. The van der Waals surface area contributed by atoms with Gasteiger partial charge in [-0.2, -0.15) is 0 Å². The summed E-state index contributed by atoms with van der Waals surface area (Å²) in [5.74, 6) is 0.127. The summed E-state index contributed by atoms with van der Waals surface area (Å²) >= 11 is 0. The second kappa shape index (κ2) is 7.64. The monoisotopic (exact) mass is 247 g/mol. The van der Waals surface area contributed by atoms with Crippen LogP contribution in [-0.2, 0) is 16.0 Å². The van der Waals surface area contributed by atoms with Gasteiger partial charge in [0.25, 0.3) is 0 Å². The molecule has 1 aromatic rings. The van der Waals surface area contributed by atoms with Gasteiger partial charge in [-0.15, -0.1) is 0 Å². The normalized spacial score (nSPS) is 10.1. The largest absolute Gasteiger partial charge is 0.326 e. The van der Waals surface area contributed by atoms with Gasteiger partial charge in [-0.05, 0) is 25.0 Å². The van der Waals surface area contributed by atoms with E-state index in [0.717, 1.165) is 30.5 Å². The Bertz CT molecular complexity index is 413. The highest BCUT2D eigenvalue weighted by Crippen LogP contribution is 2.16. The van der Waals surface area contributed by atoms with Gasteiger partial charge in [0, 0.05) is 18.5 Å². The number of carbonyl (C=O) groups is 2. The predicted octanol–water partition coefficient (Wildman–Crippen LogP) is 3.34. The first-order valence-electron chi connectivity index (χ1n) is 6.50. The second-order valence-electron chi connectivity index (χ2n) is 4.54. The molecule has 0 aromatic heterocycles. The number of rotatable bonds is 7. The molecule has 0 aliphatic rings. The van der Waals surface area contributed by atoms with Crippen LogP contribution in [0.2, 0.25) is 0 Å². The molecule has 0 unspecified atom stereocenters. The summed E-state index contributed by atoms with van der Waals surface area (Å²) in [5.41, 5.74) is 1.64. The Hall–Kier alpha value is -1.64. The van der Waals surface area contributed by atoms with Gasteiger partial charge in [0.15, 0.2) is 0 Å². The van der Waals surface area contributed by atoms with Crippen LogP contribution in [0.3, 0.4) is 0 Å². The topological polar surface area (TPSA) is 46.2 Å². The number of nitrogens with one attached hydrogen (secondary N) is 1. The zero-order valence-electron chi connectivity index (χ0n) is 11.2. The Labute approximate surface area is 109 Å². The fraction of sp³-hybridized carbons (Fsp3) is 0.467. The van der Waals surface area contributed by atoms with Crippen LogP contribution in [-0.4, -0.2) is 11.7 Å². The molecule has 1 amide bonds. The van der Waals surface area contributed by atoms with Crippen LogP contribution in [0.5, 0.6) is 0 Å². The quantitative estimate of drug-likeness (QED) is 0.751. The molecule has 0 aliphatic carbocycles. The molecule has 98 valence electrons. The number of anilines is 1. The van der Waals surface area contributed by atoms with E-state index in [1.54, 1.807) is 6.92 Å². The van der Waals surface area contributed by atoms with Gasteiger partial charge in [-0.1, -0.05) is 38.0 Å². The van der Waals surface area contributed by atoms with E-state index in [-0.39, 0.29) is 11.7 Å². The summed E-state index contributed by atoms with van der Waals surface area (Å²) in [4.78, 5) is 22.9. The maximum Gasteiger partial charge on any atom is 0.224 e. The minimum atomic E-state index is 0.0273. The Kier molecular flexibility index (Phi) is 6.12. The number of carbonyl (C=O) groups excluding carboxylic acids is 2. The zero-order chi connectivity index (χ0) is 13.4. The van der Waals surface area contributed by atoms with Gasteiger partial charge >= 0.3 is 0 Å². The van der Waals surface area contributed by atoms with Gasteiger partial charge in [0.05, 0.1) is 0 Å². The van der Waals surface area contributed by atoms with E-state index >= 15 is 0 Å². The lowest BCUT2D eigenvalue weighted by molar-refractivity contribution is -0.117. The summed E-state index contributed by atoms with van der Waals surface area (Å²) in [5, 5.41) is 2.88. The number of amides is 1. The lowest BCUT2D eigenvalue weighted by Gasteiger charge is -2.09. The molecule has 18 heavy (non-hydrogen) atoms. The van der Waals surface area contributed by atoms with E-state index in [4.69, 9.17) is 0 Å². The summed E-state index contributed by atoms with van der Waals surface area (Å²) in [7, 11) is 0. The van der Waals surface area contributed by atoms with Crippen molar-refractivity contribution in [1.29, 1.82) is 0 Å². The molecular formula is C15H21NO2. The van der Waals surface area contributed by atoms with Gasteiger partial charge in [0.2, 0.25) is 5.91 Å². The molecule has 1 aromatic carbocycles. The maximum atomic E-state index is 11.7. The maximum absolute atomic E-state index is 11.7. The van der Waals surface area contributed by atoms with Crippen LogP contribution in [0.1, 0.15) is 45.1 Å². The number of hydrogen-bond donors (Lipinski definition) is 1. The van der Waals surface area contributed by atoms with Crippen LogP contribution in [0.25, 0.3) is 0 Å². The van der Waals surface area contributed by atoms with E-state index in [0.29, 0.717) is 12.8 Å². The molecule has 0 fully saturated rings.